The lowest BCUT2D eigenvalue weighted by molar-refractivity contribution is 0.566. The van der Waals surface area contributed by atoms with Crippen molar-refractivity contribution in [2.45, 2.75) is 39.3 Å². The highest BCUT2D eigenvalue weighted by atomic mass is 127. The summed E-state index contributed by atoms with van der Waals surface area (Å²) in [6.45, 7) is 5.78. The van der Waals surface area contributed by atoms with Gasteiger partial charge in [0.25, 0.3) is 0 Å². The lowest BCUT2D eigenvalue weighted by Crippen LogP contribution is -2.38. The van der Waals surface area contributed by atoms with E-state index in [1.165, 1.54) is 0 Å². The summed E-state index contributed by atoms with van der Waals surface area (Å²) >= 11 is 0. The standard InChI is InChI=1S/C16H27N7.HI/c1-15-18-10-14-22(15)11-4-3-7-19-16(17-2)20-8-5-12-23-13-6-9-21-23;/h6,9-10,13-14H,3-5,7-8,11-12H2,1-2H3,(H2,17,19,20);1H. The van der Waals surface area contributed by atoms with E-state index < -0.39 is 0 Å². The number of hydrogen-bond donors (Lipinski definition) is 2. The van der Waals surface area contributed by atoms with Crippen molar-refractivity contribution in [3.05, 3.63) is 36.7 Å². The monoisotopic (exact) mass is 445 g/mol. The highest BCUT2D eigenvalue weighted by Crippen LogP contribution is 1.99. The molecule has 0 aliphatic heterocycles. The number of guanidine groups is 1. The zero-order chi connectivity index (χ0) is 16.3. The maximum absolute atomic E-state index is 4.24. The van der Waals surface area contributed by atoms with Crippen LogP contribution in [0.1, 0.15) is 25.1 Å². The summed E-state index contributed by atoms with van der Waals surface area (Å²) in [5.41, 5.74) is 0. The molecule has 0 unspecified atom stereocenters. The Kier molecular flexibility index (Phi) is 10.1. The van der Waals surface area contributed by atoms with Gasteiger partial charge >= 0.3 is 0 Å². The Morgan fingerprint density at radius 3 is 2.50 bits per heavy atom. The summed E-state index contributed by atoms with van der Waals surface area (Å²) in [6.07, 6.45) is 10.9. The van der Waals surface area contributed by atoms with Crippen molar-refractivity contribution in [3.8, 4) is 0 Å². The second kappa shape index (κ2) is 11.9. The summed E-state index contributed by atoms with van der Waals surface area (Å²) in [4.78, 5) is 8.47. The Bertz CT molecular complexity index is 577. The van der Waals surface area contributed by atoms with Crippen LogP contribution in [0.25, 0.3) is 0 Å². The van der Waals surface area contributed by atoms with Gasteiger partial charge in [-0.2, -0.15) is 5.10 Å². The molecule has 0 amide bonds. The molecule has 0 saturated carbocycles. The first-order valence-corrected chi connectivity index (χ1v) is 8.19. The van der Waals surface area contributed by atoms with Gasteiger partial charge in [-0.05, 0) is 32.3 Å². The quantitative estimate of drug-likeness (QED) is 0.268. The molecule has 0 spiro atoms. The third-order valence-corrected chi connectivity index (χ3v) is 3.68. The number of aryl methyl sites for hydroxylation is 3. The van der Waals surface area contributed by atoms with Crippen LogP contribution >= 0.6 is 24.0 Å². The average molecular weight is 445 g/mol. The van der Waals surface area contributed by atoms with Gasteiger partial charge in [-0.15, -0.1) is 24.0 Å². The molecule has 0 fully saturated rings. The number of halogens is 1. The molecule has 0 aliphatic rings. The molecule has 0 radical (unpaired) electrons. The van der Waals surface area contributed by atoms with Gasteiger partial charge in [-0.25, -0.2) is 4.98 Å². The number of unbranched alkanes of at least 4 members (excludes halogenated alkanes) is 1. The number of hydrogen-bond acceptors (Lipinski definition) is 3. The van der Waals surface area contributed by atoms with Gasteiger partial charge in [0, 0.05) is 58.0 Å². The smallest absolute Gasteiger partial charge is 0.190 e. The molecule has 2 aromatic heterocycles. The minimum atomic E-state index is 0. The van der Waals surface area contributed by atoms with E-state index in [2.05, 4.69) is 30.3 Å². The first-order valence-electron chi connectivity index (χ1n) is 8.19. The van der Waals surface area contributed by atoms with Crippen LogP contribution in [0.3, 0.4) is 0 Å². The van der Waals surface area contributed by atoms with E-state index in [0.29, 0.717) is 0 Å². The van der Waals surface area contributed by atoms with Crippen molar-refractivity contribution in [2.24, 2.45) is 4.99 Å². The SMILES string of the molecule is CN=C(NCCCCn1ccnc1C)NCCCn1cccn1.I. The normalized spacial score (nSPS) is 11.2. The molecule has 7 nitrogen and oxygen atoms in total. The van der Waals surface area contributed by atoms with E-state index in [9.17, 15) is 0 Å². The summed E-state index contributed by atoms with van der Waals surface area (Å²) in [5.74, 6) is 1.94. The van der Waals surface area contributed by atoms with Crippen molar-refractivity contribution in [3.63, 3.8) is 0 Å². The third kappa shape index (κ3) is 7.33. The van der Waals surface area contributed by atoms with Crippen LogP contribution in [0.15, 0.2) is 35.8 Å². The number of nitrogens with zero attached hydrogens (tertiary/aromatic N) is 5. The molecule has 2 N–H and O–H groups in total. The minimum absolute atomic E-state index is 0. The molecule has 0 aromatic carbocycles. The van der Waals surface area contributed by atoms with Gasteiger partial charge < -0.3 is 15.2 Å². The lowest BCUT2D eigenvalue weighted by Gasteiger charge is -2.12. The van der Waals surface area contributed by atoms with E-state index in [0.717, 1.165) is 57.2 Å². The van der Waals surface area contributed by atoms with Gasteiger partial charge in [-0.3, -0.25) is 9.67 Å². The van der Waals surface area contributed by atoms with E-state index in [1.54, 1.807) is 13.2 Å². The van der Waals surface area contributed by atoms with Crippen molar-refractivity contribution < 1.29 is 0 Å². The van der Waals surface area contributed by atoms with Gasteiger partial charge in [0.05, 0.1) is 0 Å². The molecular formula is C16H28IN7. The number of aromatic nitrogens is 4. The van der Waals surface area contributed by atoms with Crippen LogP contribution in [0.4, 0.5) is 0 Å². The molecule has 24 heavy (non-hydrogen) atoms. The summed E-state index contributed by atoms with van der Waals surface area (Å²) in [6, 6.07) is 1.94. The molecule has 134 valence electrons. The van der Waals surface area contributed by atoms with Gasteiger partial charge in [0.15, 0.2) is 5.96 Å². The highest BCUT2D eigenvalue weighted by Gasteiger charge is 1.99. The second-order valence-corrected chi connectivity index (χ2v) is 5.42. The maximum atomic E-state index is 4.24. The number of rotatable bonds is 9. The Morgan fingerprint density at radius 2 is 1.88 bits per heavy atom. The molecule has 0 atom stereocenters. The van der Waals surface area contributed by atoms with Crippen LogP contribution < -0.4 is 10.6 Å². The maximum Gasteiger partial charge on any atom is 0.190 e. The topological polar surface area (TPSA) is 72.1 Å². The van der Waals surface area contributed by atoms with E-state index in [4.69, 9.17) is 0 Å². The average Bonchev–Trinajstić information content (AvgIpc) is 3.21. The highest BCUT2D eigenvalue weighted by molar-refractivity contribution is 14.0. The predicted octanol–water partition coefficient (Wildman–Crippen LogP) is 2.04. The minimum Gasteiger partial charge on any atom is -0.356 e. The fourth-order valence-electron chi connectivity index (χ4n) is 2.36. The Balaban J connectivity index is 0.00000288. The number of aliphatic imine (C=N–C) groups is 1. The van der Waals surface area contributed by atoms with Crippen LogP contribution in [0.5, 0.6) is 0 Å². The van der Waals surface area contributed by atoms with Crippen LogP contribution in [-0.2, 0) is 13.1 Å². The van der Waals surface area contributed by atoms with Crippen molar-refractivity contribution in [1.82, 2.24) is 30.0 Å². The van der Waals surface area contributed by atoms with Gasteiger partial charge in [-0.1, -0.05) is 0 Å². The molecule has 2 rings (SSSR count). The van der Waals surface area contributed by atoms with E-state index >= 15 is 0 Å². The largest absolute Gasteiger partial charge is 0.356 e. The van der Waals surface area contributed by atoms with E-state index in [1.807, 2.05) is 36.3 Å². The Morgan fingerprint density at radius 1 is 1.08 bits per heavy atom. The third-order valence-electron chi connectivity index (χ3n) is 3.68. The summed E-state index contributed by atoms with van der Waals surface area (Å²) < 4.78 is 4.12. The first kappa shape index (κ1) is 20.5. The molecule has 0 aliphatic carbocycles. The number of imidazole rings is 1. The van der Waals surface area contributed by atoms with Crippen molar-refractivity contribution in [1.29, 1.82) is 0 Å². The van der Waals surface area contributed by atoms with Gasteiger partial charge in [0.2, 0.25) is 0 Å². The summed E-state index contributed by atoms with van der Waals surface area (Å²) in [7, 11) is 1.80. The van der Waals surface area contributed by atoms with Crippen LogP contribution in [-0.4, -0.2) is 45.4 Å². The molecule has 2 heterocycles. The summed E-state index contributed by atoms with van der Waals surface area (Å²) in [5, 5.41) is 10.9. The lowest BCUT2D eigenvalue weighted by atomic mass is 10.3. The molecular weight excluding hydrogens is 417 g/mol. The molecule has 2 aromatic rings. The second-order valence-electron chi connectivity index (χ2n) is 5.42. The predicted molar refractivity (Wildman–Crippen MR) is 108 cm³/mol. The van der Waals surface area contributed by atoms with Gasteiger partial charge in [0.1, 0.15) is 5.82 Å². The number of nitrogens with one attached hydrogen (secondary N) is 2. The van der Waals surface area contributed by atoms with E-state index in [-0.39, 0.29) is 24.0 Å². The fraction of sp³-hybridized carbons (Fsp3) is 0.562. The Hall–Kier alpha value is -1.58. The van der Waals surface area contributed by atoms with Crippen LogP contribution in [0, 0.1) is 6.92 Å². The van der Waals surface area contributed by atoms with Crippen molar-refractivity contribution in [2.75, 3.05) is 20.1 Å². The zero-order valence-corrected chi connectivity index (χ0v) is 16.8. The zero-order valence-electron chi connectivity index (χ0n) is 14.5. The molecule has 0 saturated heterocycles. The fourth-order valence-corrected chi connectivity index (χ4v) is 2.36. The molecule has 0 bridgehead atoms. The molecule has 8 heteroatoms. The van der Waals surface area contributed by atoms with Crippen LogP contribution in [0.2, 0.25) is 0 Å². The van der Waals surface area contributed by atoms with Crippen molar-refractivity contribution >= 4 is 29.9 Å². The first-order chi connectivity index (χ1) is 11.3. The Labute approximate surface area is 161 Å².